The van der Waals surface area contributed by atoms with Crippen molar-refractivity contribution in [3.05, 3.63) is 53.4 Å². The molecule has 1 saturated heterocycles. The topological polar surface area (TPSA) is 62.5 Å². The third-order valence-corrected chi connectivity index (χ3v) is 5.25. The van der Waals surface area contributed by atoms with E-state index >= 15 is 0 Å². The van der Waals surface area contributed by atoms with Crippen molar-refractivity contribution in [3.63, 3.8) is 0 Å². The summed E-state index contributed by atoms with van der Waals surface area (Å²) in [6.07, 6.45) is 5.71. The lowest BCUT2D eigenvalue weighted by Crippen LogP contribution is -2.43. The number of carbonyl (C=O) groups is 1. The second-order valence-corrected chi connectivity index (χ2v) is 7.31. The monoisotopic (exact) mass is 383 g/mol. The Hall–Kier alpha value is -2.44. The minimum atomic E-state index is 0.148. The van der Waals surface area contributed by atoms with Gasteiger partial charge in [-0.25, -0.2) is 4.98 Å². The SMILES string of the molecule is CNCC(=O)N1CCC[C@H](c2cccc(-c3cnc4ccc(Cl)cn34)n2)C1. The van der Waals surface area contributed by atoms with Gasteiger partial charge in [0.25, 0.3) is 0 Å². The molecule has 1 aliphatic rings. The maximum atomic E-state index is 12.2. The first-order chi connectivity index (χ1) is 13.2. The molecule has 4 rings (SSSR count). The Morgan fingerprint density at radius 2 is 2.22 bits per heavy atom. The summed E-state index contributed by atoms with van der Waals surface area (Å²) in [7, 11) is 1.80. The normalized spacial score (nSPS) is 17.4. The van der Waals surface area contributed by atoms with E-state index in [1.165, 1.54) is 0 Å². The number of likely N-dealkylation sites (tertiary alicyclic amines) is 1. The zero-order valence-corrected chi connectivity index (χ0v) is 16.0. The van der Waals surface area contributed by atoms with Gasteiger partial charge in [-0.15, -0.1) is 0 Å². The summed E-state index contributed by atoms with van der Waals surface area (Å²) >= 11 is 6.15. The van der Waals surface area contributed by atoms with Crippen molar-refractivity contribution in [1.82, 2.24) is 24.6 Å². The van der Waals surface area contributed by atoms with Crippen LogP contribution < -0.4 is 5.32 Å². The van der Waals surface area contributed by atoms with E-state index in [-0.39, 0.29) is 11.8 Å². The molecule has 4 heterocycles. The number of halogens is 1. The maximum absolute atomic E-state index is 12.2. The van der Waals surface area contributed by atoms with Crippen LogP contribution in [0, 0.1) is 0 Å². The molecule has 3 aromatic rings. The van der Waals surface area contributed by atoms with E-state index in [0.29, 0.717) is 11.6 Å². The van der Waals surface area contributed by atoms with Crippen LogP contribution in [0.5, 0.6) is 0 Å². The highest BCUT2D eigenvalue weighted by molar-refractivity contribution is 6.30. The number of hydrogen-bond donors (Lipinski definition) is 1. The number of hydrogen-bond acceptors (Lipinski definition) is 4. The van der Waals surface area contributed by atoms with Crippen LogP contribution >= 0.6 is 11.6 Å². The van der Waals surface area contributed by atoms with Gasteiger partial charge in [0.15, 0.2) is 0 Å². The molecule has 1 atom stereocenters. The van der Waals surface area contributed by atoms with Gasteiger partial charge in [0.1, 0.15) is 5.65 Å². The van der Waals surface area contributed by atoms with Gasteiger partial charge in [-0.05, 0) is 44.2 Å². The fourth-order valence-electron chi connectivity index (χ4n) is 3.67. The van der Waals surface area contributed by atoms with E-state index in [1.54, 1.807) is 7.05 Å². The third-order valence-electron chi connectivity index (χ3n) is 5.02. The van der Waals surface area contributed by atoms with Crippen LogP contribution in [0.3, 0.4) is 0 Å². The fourth-order valence-corrected chi connectivity index (χ4v) is 3.83. The molecule has 27 heavy (non-hydrogen) atoms. The molecule has 1 N–H and O–H groups in total. The van der Waals surface area contributed by atoms with Gasteiger partial charge in [0, 0.05) is 30.9 Å². The molecule has 140 valence electrons. The number of nitrogens with one attached hydrogen (secondary N) is 1. The molecule has 1 fully saturated rings. The number of amides is 1. The van der Waals surface area contributed by atoms with Crippen molar-refractivity contribution in [3.8, 4) is 11.4 Å². The van der Waals surface area contributed by atoms with Crippen molar-refractivity contribution in [1.29, 1.82) is 0 Å². The fraction of sp³-hybridized carbons (Fsp3) is 0.350. The number of fused-ring (bicyclic) bond motifs is 1. The number of aromatic nitrogens is 3. The van der Waals surface area contributed by atoms with Crippen molar-refractivity contribution in [2.45, 2.75) is 18.8 Å². The third kappa shape index (κ3) is 3.68. The van der Waals surface area contributed by atoms with Gasteiger partial charge < -0.3 is 10.2 Å². The number of piperidine rings is 1. The number of rotatable bonds is 4. The Morgan fingerprint density at radius 3 is 3.07 bits per heavy atom. The first kappa shape index (κ1) is 17.9. The molecule has 1 aliphatic heterocycles. The van der Waals surface area contributed by atoms with Gasteiger partial charge in [-0.2, -0.15) is 0 Å². The highest BCUT2D eigenvalue weighted by atomic mass is 35.5. The van der Waals surface area contributed by atoms with Crippen molar-refractivity contribution >= 4 is 23.2 Å². The Balaban J connectivity index is 1.62. The van der Waals surface area contributed by atoms with E-state index < -0.39 is 0 Å². The van der Waals surface area contributed by atoms with E-state index in [9.17, 15) is 4.79 Å². The lowest BCUT2D eigenvalue weighted by Gasteiger charge is -2.32. The van der Waals surface area contributed by atoms with Crippen molar-refractivity contribution < 1.29 is 4.79 Å². The molecule has 6 nitrogen and oxygen atoms in total. The summed E-state index contributed by atoms with van der Waals surface area (Å²) in [4.78, 5) is 23.5. The standard InChI is InChI=1S/C20H22ClN5O/c1-22-11-20(27)25-9-3-4-14(12-25)16-5-2-6-17(24-16)18-10-23-19-8-7-15(21)13-26(18)19/h2,5-8,10,13-14,22H,3-4,9,11-12H2,1H3/t14-/m0/s1. The Bertz CT molecular complexity index is 970. The highest BCUT2D eigenvalue weighted by Crippen LogP contribution is 2.28. The number of pyridine rings is 2. The first-order valence-corrected chi connectivity index (χ1v) is 9.56. The lowest BCUT2D eigenvalue weighted by atomic mass is 9.94. The Kier molecular flexibility index (Phi) is 5.09. The number of carbonyl (C=O) groups excluding carboxylic acids is 1. The zero-order valence-electron chi connectivity index (χ0n) is 15.2. The van der Waals surface area contributed by atoms with Gasteiger partial charge in [-0.1, -0.05) is 17.7 Å². The van der Waals surface area contributed by atoms with Crippen LogP contribution in [0.4, 0.5) is 0 Å². The van der Waals surface area contributed by atoms with Crippen LogP contribution in [0.25, 0.3) is 17.0 Å². The average molecular weight is 384 g/mol. The lowest BCUT2D eigenvalue weighted by molar-refractivity contribution is -0.131. The molecule has 0 aromatic carbocycles. The molecule has 1 amide bonds. The maximum Gasteiger partial charge on any atom is 0.236 e. The molecule has 0 radical (unpaired) electrons. The average Bonchev–Trinajstić information content (AvgIpc) is 3.11. The Labute approximate surface area is 163 Å². The van der Waals surface area contributed by atoms with E-state index in [4.69, 9.17) is 16.6 Å². The van der Waals surface area contributed by atoms with Gasteiger partial charge in [0.05, 0.1) is 29.2 Å². The summed E-state index contributed by atoms with van der Waals surface area (Å²) in [6.45, 7) is 1.92. The summed E-state index contributed by atoms with van der Waals surface area (Å²) in [5, 5.41) is 3.60. The van der Waals surface area contributed by atoms with Crippen LogP contribution in [0.15, 0.2) is 42.7 Å². The van der Waals surface area contributed by atoms with E-state index in [0.717, 1.165) is 48.7 Å². The number of nitrogens with zero attached hydrogens (tertiary/aromatic N) is 4. The summed E-state index contributed by atoms with van der Waals surface area (Å²) in [5.41, 5.74) is 3.63. The van der Waals surface area contributed by atoms with Gasteiger partial charge >= 0.3 is 0 Å². The van der Waals surface area contributed by atoms with Crippen molar-refractivity contribution in [2.75, 3.05) is 26.7 Å². The van der Waals surface area contributed by atoms with E-state index in [1.807, 2.05) is 46.0 Å². The number of likely N-dealkylation sites (N-methyl/N-ethyl adjacent to an activating group) is 1. The van der Waals surface area contributed by atoms with Gasteiger partial charge in [-0.3, -0.25) is 14.2 Å². The molecular weight excluding hydrogens is 362 g/mol. The van der Waals surface area contributed by atoms with Gasteiger partial charge in [0.2, 0.25) is 5.91 Å². The largest absolute Gasteiger partial charge is 0.341 e. The van der Waals surface area contributed by atoms with Crippen LogP contribution in [-0.4, -0.2) is 51.9 Å². The van der Waals surface area contributed by atoms with Crippen LogP contribution in [0.2, 0.25) is 5.02 Å². The minimum Gasteiger partial charge on any atom is -0.341 e. The van der Waals surface area contributed by atoms with Crippen LogP contribution in [-0.2, 0) is 4.79 Å². The summed E-state index contributed by atoms with van der Waals surface area (Å²) in [5.74, 6) is 0.400. The molecule has 0 bridgehead atoms. The molecule has 0 unspecified atom stereocenters. The predicted molar refractivity (Wildman–Crippen MR) is 106 cm³/mol. The molecule has 3 aromatic heterocycles. The molecular formula is C20H22ClN5O. The Morgan fingerprint density at radius 1 is 1.33 bits per heavy atom. The number of imidazole rings is 1. The zero-order chi connectivity index (χ0) is 18.8. The molecule has 0 aliphatic carbocycles. The van der Waals surface area contributed by atoms with Crippen LogP contribution in [0.1, 0.15) is 24.5 Å². The molecule has 7 heteroatoms. The molecule has 0 spiro atoms. The first-order valence-electron chi connectivity index (χ1n) is 9.18. The van der Waals surface area contributed by atoms with E-state index in [2.05, 4.69) is 16.4 Å². The molecule has 0 saturated carbocycles. The smallest absolute Gasteiger partial charge is 0.236 e. The highest BCUT2D eigenvalue weighted by Gasteiger charge is 2.25. The second-order valence-electron chi connectivity index (χ2n) is 6.88. The summed E-state index contributed by atoms with van der Waals surface area (Å²) < 4.78 is 1.96. The van der Waals surface area contributed by atoms with Crippen molar-refractivity contribution in [2.24, 2.45) is 0 Å². The second kappa shape index (κ2) is 7.66. The predicted octanol–water partition coefficient (Wildman–Crippen LogP) is 2.98. The minimum absolute atomic E-state index is 0.148. The quantitative estimate of drug-likeness (QED) is 0.752. The summed E-state index contributed by atoms with van der Waals surface area (Å²) in [6, 6.07) is 9.78.